The van der Waals surface area contributed by atoms with E-state index in [0.29, 0.717) is 55.4 Å². The second-order valence-electron chi connectivity index (χ2n) is 9.46. The largest absolute Gasteiger partial charge is 0.507 e. The highest BCUT2D eigenvalue weighted by Crippen LogP contribution is 2.42. The Labute approximate surface area is 218 Å². The fourth-order valence-electron chi connectivity index (χ4n) is 4.84. The smallest absolute Gasteiger partial charge is 0.295 e. The maximum absolute atomic E-state index is 13.4. The van der Waals surface area contributed by atoms with Gasteiger partial charge < -0.3 is 24.2 Å². The molecule has 4 rings (SSSR count). The number of carbonyl (C=O) groups is 2. The molecule has 0 bridgehead atoms. The Morgan fingerprint density at radius 1 is 1.05 bits per heavy atom. The normalized spacial score (nSPS) is 20.0. The average molecular weight is 509 g/mol. The highest BCUT2D eigenvalue weighted by atomic mass is 16.5. The van der Waals surface area contributed by atoms with Crippen LogP contribution in [-0.4, -0.2) is 78.7 Å². The Morgan fingerprint density at radius 2 is 1.76 bits per heavy atom. The zero-order valence-corrected chi connectivity index (χ0v) is 21.8. The molecule has 0 aliphatic carbocycles. The first-order valence-corrected chi connectivity index (χ1v) is 13.0. The Balaban J connectivity index is 1.69. The summed E-state index contributed by atoms with van der Waals surface area (Å²) in [4.78, 5) is 30.5. The molecule has 2 fully saturated rings. The second-order valence-corrected chi connectivity index (χ2v) is 9.46. The van der Waals surface area contributed by atoms with E-state index >= 15 is 0 Å². The highest BCUT2D eigenvalue weighted by molar-refractivity contribution is 6.46. The number of rotatable bonds is 10. The lowest BCUT2D eigenvalue weighted by Crippen LogP contribution is -2.39. The van der Waals surface area contributed by atoms with Gasteiger partial charge >= 0.3 is 0 Å². The topological polar surface area (TPSA) is 88.5 Å². The van der Waals surface area contributed by atoms with Gasteiger partial charge in [-0.1, -0.05) is 18.2 Å². The molecular weight excluding hydrogens is 472 g/mol. The summed E-state index contributed by atoms with van der Waals surface area (Å²) in [6.45, 7) is 10.5. The molecule has 0 saturated carbocycles. The van der Waals surface area contributed by atoms with E-state index in [1.807, 2.05) is 45.0 Å². The number of amides is 1. The third-order valence-corrected chi connectivity index (χ3v) is 6.53. The van der Waals surface area contributed by atoms with Crippen molar-refractivity contribution < 1.29 is 28.9 Å². The maximum Gasteiger partial charge on any atom is 0.295 e. The van der Waals surface area contributed by atoms with Gasteiger partial charge in [-0.15, -0.1) is 0 Å². The minimum absolute atomic E-state index is 0.0114. The van der Waals surface area contributed by atoms with Gasteiger partial charge in [-0.2, -0.15) is 0 Å². The van der Waals surface area contributed by atoms with Crippen LogP contribution in [0.3, 0.4) is 0 Å². The number of likely N-dealkylation sites (tertiary alicyclic amines) is 1. The predicted molar refractivity (Wildman–Crippen MR) is 141 cm³/mol. The zero-order chi connectivity index (χ0) is 26.4. The lowest BCUT2D eigenvalue weighted by atomic mass is 9.94. The molecule has 1 N–H and O–H groups in total. The van der Waals surface area contributed by atoms with Crippen LogP contribution in [0.15, 0.2) is 54.1 Å². The first-order chi connectivity index (χ1) is 17.9. The summed E-state index contributed by atoms with van der Waals surface area (Å²) in [5.74, 6) is -0.265. The number of ether oxygens (including phenoxy) is 3. The van der Waals surface area contributed by atoms with E-state index in [2.05, 4.69) is 4.90 Å². The molecule has 0 spiro atoms. The number of Topliss-reactive ketones (excluding diaryl/α,β-unsaturated/α-hetero) is 1. The van der Waals surface area contributed by atoms with Crippen molar-refractivity contribution in [3.8, 4) is 11.5 Å². The van der Waals surface area contributed by atoms with Crippen LogP contribution >= 0.6 is 0 Å². The van der Waals surface area contributed by atoms with Crippen LogP contribution in [0.5, 0.6) is 11.5 Å². The van der Waals surface area contributed by atoms with Gasteiger partial charge in [0.05, 0.1) is 37.5 Å². The first-order valence-electron chi connectivity index (χ1n) is 13.0. The number of aliphatic hydroxyl groups is 1. The molecule has 2 heterocycles. The van der Waals surface area contributed by atoms with Crippen molar-refractivity contribution in [3.63, 3.8) is 0 Å². The van der Waals surface area contributed by atoms with Gasteiger partial charge in [0.25, 0.3) is 11.7 Å². The number of nitrogens with zero attached hydrogens (tertiary/aromatic N) is 2. The van der Waals surface area contributed by atoms with Crippen LogP contribution < -0.4 is 9.47 Å². The third-order valence-electron chi connectivity index (χ3n) is 6.53. The molecule has 2 aromatic rings. The van der Waals surface area contributed by atoms with Crippen molar-refractivity contribution in [3.05, 3.63) is 65.2 Å². The zero-order valence-electron chi connectivity index (χ0n) is 21.8. The third kappa shape index (κ3) is 6.14. The van der Waals surface area contributed by atoms with E-state index in [1.165, 1.54) is 0 Å². The van der Waals surface area contributed by atoms with E-state index < -0.39 is 17.7 Å². The molecule has 0 radical (unpaired) electrons. The number of hydrogen-bond acceptors (Lipinski definition) is 7. The van der Waals surface area contributed by atoms with Crippen LogP contribution in [0, 0.1) is 0 Å². The van der Waals surface area contributed by atoms with Crippen molar-refractivity contribution in [1.82, 2.24) is 9.80 Å². The van der Waals surface area contributed by atoms with E-state index in [-0.39, 0.29) is 17.4 Å². The van der Waals surface area contributed by atoms with Crippen molar-refractivity contribution >= 4 is 17.4 Å². The minimum Gasteiger partial charge on any atom is -0.507 e. The lowest BCUT2D eigenvalue weighted by Gasteiger charge is -2.29. The lowest BCUT2D eigenvalue weighted by molar-refractivity contribution is -0.140. The van der Waals surface area contributed by atoms with E-state index in [4.69, 9.17) is 14.2 Å². The molecule has 2 aliphatic heterocycles. The van der Waals surface area contributed by atoms with Crippen LogP contribution in [0.1, 0.15) is 44.4 Å². The van der Waals surface area contributed by atoms with Gasteiger partial charge in [0.2, 0.25) is 0 Å². The Kier molecular flexibility index (Phi) is 8.84. The SMILES string of the molecule is CCOc1ccccc1[C@H]1/C(=C(\O)c2ccc(OC(C)C)cc2)C(=O)C(=O)N1CCCN1CCOCC1. The van der Waals surface area contributed by atoms with Crippen LogP contribution in [0.4, 0.5) is 0 Å². The van der Waals surface area contributed by atoms with Gasteiger partial charge in [0, 0.05) is 37.3 Å². The quantitative estimate of drug-likeness (QED) is 0.295. The molecule has 198 valence electrons. The monoisotopic (exact) mass is 508 g/mol. The standard InChI is InChI=1S/C29H36N2O6/c1-4-36-24-9-6-5-8-23(24)26-25(27(32)21-10-12-22(13-11-21)37-20(2)3)28(33)29(34)31(26)15-7-14-30-16-18-35-19-17-30/h5-6,8-13,20,26,32H,4,7,14-19H2,1-3H3/b27-25+/t26-/m0/s1. The van der Waals surface area contributed by atoms with Gasteiger partial charge in [0.1, 0.15) is 17.3 Å². The van der Waals surface area contributed by atoms with Crippen molar-refractivity contribution in [2.75, 3.05) is 46.0 Å². The number of aliphatic hydroxyl groups excluding tert-OH is 1. The molecule has 1 amide bonds. The van der Waals surface area contributed by atoms with Crippen LogP contribution in [0.25, 0.3) is 5.76 Å². The number of hydrogen-bond donors (Lipinski definition) is 1. The van der Waals surface area contributed by atoms with Crippen LogP contribution in [0.2, 0.25) is 0 Å². The molecule has 0 unspecified atom stereocenters. The van der Waals surface area contributed by atoms with Gasteiger partial charge in [0.15, 0.2) is 0 Å². The maximum atomic E-state index is 13.4. The Hall–Kier alpha value is -3.36. The number of para-hydroxylation sites is 1. The van der Waals surface area contributed by atoms with E-state index in [9.17, 15) is 14.7 Å². The molecule has 0 aromatic heterocycles. The van der Waals surface area contributed by atoms with Gasteiger partial charge in [-0.05, 0) is 57.5 Å². The van der Waals surface area contributed by atoms with E-state index in [0.717, 1.165) is 19.6 Å². The first kappa shape index (κ1) is 26.7. The summed E-state index contributed by atoms with van der Waals surface area (Å²) in [5.41, 5.74) is 1.19. The number of benzene rings is 2. The molecular formula is C29H36N2O6. The number of carbonyl (C=O) groups excluding carboxylic acids is 2. The van der Waals surface area contributed by atoms with Crippen molar-refractivity contribution in [2.45, 2.75) is 39.3 Å². The summed E-state index contributed by atoms with van der Waals surface area (Å²) in [6, 6.07) is 13.5. The Bertz CT molecular complexity index is 1120. The molecule has 2 saturated heterocycles. The van der Waals surface area contributed by atoms with E-state index in [1.54, 1.807) is 29.2 Å². The molecule has 8 heteroatoms. The molecule has 8 nitrogen and oxygen atoms in total. The second kappa shape index (κ2) is 12.3. The van der Waals surface area contributed by atoms with Crippen molar-refractivity contribution in [1.29, 1.82) is 0 Å². The predicted octanol–water partition coefficient (Wildman–Crippen LogP) is 4.02. The summed E-state index contributed by atoms with van der Waals surface area (Å²) in [5, 5.41) is 11.4. The summed E-state index contributed by atoms with van der Waals surface area (Å²) < 4.78 is 17.0. The van der Waals surface area contributed by atoms with Crippen molar-refractivity contribution in [2.24, 2.45) is 0 Å². The van der Waals surface area contributed by atoms with Gasteiger partial charge in [-0.3, -0.25) is 14.5 Å². The summed E-state index contributed by atoms with van der Waals surface area (Å²) in [7, 11) is 0. The fourth-order valence-corrected chi connectivity index (χ4v) is 4.84. The summed E-state index contributed by atoms with van der Waals surface area (Å²) in [6.07, 6.45) is 0.707. The molecule has 2 aliphatic rings. The Morgan fingerprint density at radius 3 is 2.43 bits per heavy atom. The molecule has 2 aromatic carbocycles. The van der Waals surface area contributed by atoms with Gasteiger partial charge in [-0.25, -0.2) is 0 Å². The number of ketones is 1. The molecule has 37 heavy (non-hydrogen) atoms. The van der Waals surface area contributed by atoms with Crippen LogP contribution in [-0.2, 0) is 14.3 Å². The molecule has 1 atom stereocenters. The highest BCUT2D eigenvalue weighted by Gasteiger charge is 2.46. The number of morpholine rings is 1. The minimum atomic E-state index is -0.751. The average Bonchev–Trinajstić information content (AvgIpc) is 3.14. The summed E-state index contributed by atoms with van der Waals surface area (Å²) >= 11 is 0. The fraction of sp³-hybridized carbons (Fsp3) is 0.448.